The van der Waals surface area contributed by atoms with Crippen LogP contribution in [-0.4, -0.2) is 14.9 Å². The smallest absolute Gasteiger partial charge is 0.181 e. The molecule has 4 heteroatoms. The monoisotopic (exact) mass is 365 g/mol. The van der Waals surface area contributed by atoms with E-state index in [1.807, 2.05) is 30.3 Å². The molecule has 1 N–H and O–H groups in total. The van der Waals surface area contributed by atoms with Crippen molar-refractivity contribution in [1.29, 1.82) is 0 Å². The van der Waals surface area contributed by atoms with Crippen molar-refractivity contribution in [2.45, 2.75) is 65.5 Å². The van der Waals surface area contributed by atoms with Crippen molar-refractivity contribution in [3.8, 4) is 5.75 Å². The first-order chi connectivity index (χ1) is 13.0. The molecule has 0 amide bonds. The highest BCUT2D eigenvalue weighted by Crippen LogP contribution is 2.29. The summed E-state index contributed by atoms with van der Waals surface area (Å²) in [4.78, 5) is 4.96. The normalized spacial score (nSPS) is 11.7. The van der Waals surface area contributed by atoms with Crippen molar-refractivity contribution in [3.05, 3.63) is 59.9 Å². The lowest BCUT2D eigenvalue weighted by Crippen LogP contribution is -2.27. The second-order valence-corrected chi connectivity index (χ2v) is 8.08. The summed E-state index contributed by atoms with van der Waals surface area (Å²) in [7, 11) is 0. The molecule has 27 heavy (non-hydrogen) atoms. The van der Waals surface area contributed by atoms with Gasteiger partial charge >= 0.3 is 0 Å². The number of aryl methyl sites for hydroxylation is 1. The molecular formula is C23H31N3O. The van der Waals surface area contributed by atoms with Gasteiger partial charge in [-0.3, -0.25) is 4.40 Å². The molecule has 3 aromatic rings. The molecule has 0 fully saturated rings. The van der Waals surface area contributed by atoms with Gasteiger partial charge in [-0.2, -0.15) is 0 Å². The van der Waals surface area contributed by atoms with Crippen molar-refractivity contribution in [1.82, 2.24) is 9.38 Å². The van der Waals surface area contributed by atoms with Crippen LogP contribution >= 0.6 is 0 Å². The summed E-state index contributed by atoms with van der Waals surface area (Å²) in [5.41, 5.74) is 3.12. The molecule has 0 bridgehead atoms. The number of imidazole rings is 1. The second kappa shape index (κ2) is 8.47. The van der Waals surface area contributed by atoms with Gasteiger partial charge in [0.15, 0.2) is 11.4 Å². The van der Waals surface area contributed by atoms with E-state index >= 15 is 0 Å². The number of rotatable bonds is 8. The van der Waals surface area contributed by atoms with E-state index in [1.165, 1.54) is 12.8 Å². The van der Waals surface area contributed by atoms with Gasteiger partial charge in [-0.15, -0.1) is 0 Å². The summed E-state index contributed by atoms with van der Waals surface area (Å²) in [6.45, 7) is 9.31. The maximum Gasteiger partial charge on any atom is 0.181 e. The van der Waals surface area contributed by atoms with Crippen LogP contribution < -0.4 is 10.1 Å². The van der Waals surface area contributed by atoms with Crippen LogP contribution in [0.5, 0.6) is 5.75 Å². The van der Waals surface area contributed by atoms with Crippen LogP contribution in [0.15, 0.2) is 48.7 Å². The Balaban J connectivity index is 1.92. The minimum absolute atomic E-state index is 0.0314. The molecule has 0 atom stereocenters. The highest BCUT2D eigenvalue weighted by molar-refractivity contribution is 5.63. The Morgan fingerprint density at radius 2 is 1.81 bits per heavy atom. The number of ether oxygens (including phenoxy) is 1. The number of unbranched alkanes of at least 4 members (excludes halogenated alkanes) is 2. The summed E-state index contributed by atoms with van der Waals surface area (Å²) < 4.78 is 8.25. The van der Waals surface area contributed by atoms with E-state index in [9.17, 15) is 0 Å². The number of pyridine rings is 1. The van der Waals surface area contributed by atoms with E-state index in [4.69, 9.17) is 9.72 Å². The van der Waals surface area contributed by atoms with Crippen molar-refractivity contribution < 1.29 is 4.74 Å². The molecule has 0 spiro atoms. The van der Waals surface area contributed by atoms with Gasteiger partial charge in [-0.1, -0.05) is 50.1 Å². The number of anilines is 1. The molecule has 4 nitrogen and oxygen atoms in total. The summed E-state index contributed by atoms with van der Waals surface area (Å²) in [6, 6.07) is 14.3. The molecule has 1 aromatic carbocycles. The third kappa shape index (κ3) is 5.03. The summed E-state index contributed by atoms with van der Waals surface area (Å²) in [5, 5.41) is 3.65. The predicted octanol–water partition coefficient (Wildman–Crippen LogP) is 5.86. The minimum Gasteiger partial charge on any atom is -0.485 e. The van der Waals surface area contributed by atoms with Gasteiger partial charge in [-0.25, -0.2) is 4.98 Å². The molecule has 0 aliphatic carbocycles. The maximum atomic E-state index is 6.12. The summed E-state index contributed by atoms with van der Waals surface area (Å²) in [5.74, 6) is 1.90. The number of fused-ring (bicyclic) bond motifs is 1. The zero-order valence-corrected chi connectivity index (χ0v) is 17.0. The average Bonchev–Trinajstić information content (AvgIpc) is 2.98. The fourth-order valence-electron chi connectivity index (χ4n) is 3.14. The number of nitrogens with one attached hydrogen (secondary N) is 1. The SMILES string of the molecule is CCCCCc1nc2c(OCc3ccccc3)cccn2c1NC(C)(C)C. The highest BCUT2D eigenvalue weighted by Gasteiger charge is 2.19. The summed E-state index contributed by atoms with van der Waals surface area (Å²) in [6.07, 6.45) is 6.63. The molecule has 0 aliphatic rings. The summed E-state index contributed by atoms with van der Waals surface area (Å²) >= 11 is 0. The van der Waals surface area contributed by atoms with Crippen LogP contribution in [-0.2, 0) is 13.0 Å². The Bertz CT molecular complexity index is 862. The Hall–Kier alpha value is -2.49. The third-order valence-corrected chi connectivity index (χ3v) is 4.43. The second-order valence-electron chi connectivity index (χ2n) is 8.08. The van der Waals surface area contributed by atoms with Crippen molar-refractivity contribution in [3.63, 3.8) is 0 Å². The topological polar surface area (TPSA) is 38.6 Å². The molecule has 3 rings (SSSR count). The number of aromatic nitrogens is 2. The molecule has 0 saturated heterocycles. The third-order valence-electron chi connectivity index (χ3n) is 4.43. The van der Waals surface area contributed by atoms with Gasteiger partial charge in [0.2, 0.25) is 0 Å². The minimum atomic E-state index is -0.0314. The molecule has 0 radical (unpaired) electrons. The Morgan fingerprint density at radius 1 is 1.04 bits per heavy atom. The van der Waals surface area contributed by atoms with Gasteiger partial charge in [0.1, 0.15) is 12.4 Å². The Morgan fingerprint density at radius 3 is 2.52 bits per heavy atom. The quantitative estimate of drug-likeness (QED) is 0.508. The van der Waals surface area contributed by atoms with Gasteiger partial charge in [-0.05, 0) is 51.3 Å². The van der Waals surface area contributed by atoms with E-state index in [2.05, 4.69) is 55.7 Å². The molecule has 0 unspecified atom stereocenters. The van der Waals surface area contributed by atoms with Crippen LogP contribution in [0.25, 0.3) is 5.65 Å². The molecule has 0 saturated carbocycles. The maximum absolute atomic E-state index is 6.12. The number of hydrogen-bond donors (Lipinski definition) is 1. The van der Waals surface area contributed by atoms with Crippen molar-refractivity contribution in [2.75, 3.05) is 5.32 Å². The van der Waals surface area contributed by atoms with E-state index < -0.39 is 0 Å². The van der Waals surface area contributed by atoms with E-state index in [0.29, 0.717) is 6.61 Å². The molecule has 2 aromatic heterocycles. The zero-order chi connectivity index (χ0) is 19.3. The Kier molecular flexibility index (Phi) is 6.04. The van der Waals surface area contributed by atoms with E-state index in [0.717, 1.165) is 41.3 Å². The average molecular weight is 366 g/mol. The van der Waals surface area contributed by atoms with Crippen molar-refractivity contribution >= 4 is 11.5 Å². The Labute approximate surface area is 162 Å². The van der Waals surface area contributed by atoms with E-state index in [-0.39, 0.29) is 5.54 Å². The van der Waals surface area contributed by atoms with E-state index in [1.54, 1.807) is 0 Å². The van der Waals surface area contributed by atoms with Gasteiger partial charge < -0.3 is 10.1 Å². The van der Waals surface area contributed by atoms with Gasteiger partial charge in [0.25, 0.3) is 0 Å². The fourth-order valence-corrected chi connectivity index (χ4v) is 3.14. The lowest BCUT2D eigenvalue weighted by atomic mass is 10.1. The standard InChI is InChI=1S/C23H31N3O/c1-5-6-8-14-19-21(25-23(2,3)4)26-16-11-15-20(22(26)24-19)27-17-18-12-9-7-10-13-18/h7,9-13,15-16,25H,5-6,8,14,17H2,1-4H3. The van der Waals surface area contributed by atoms with Crippen molar-refractivity contribution in [2.24, 2.45) is 0 Å². The predicted molar refractivity (Wildman–Crippen MR) is 113 cm³/mol. The highest BCUT2D eigenvalue weighted by atomic mass is 16.5. The molecular weight excluding hydrogens is 334 g/mol. The lowest BCUT2D eigenvalue weighted by molar-refractivity contribution is 0.308. The largest absolute Gasteiger partial charge is 0.485 e. The van der Waals surface area contributed by atoms with Crippen LogP contribution in [0.1, 0.15) is 58.2 Å². The lowest BCUT2D eigenvalue weighted by Gasteiger charge is -2.22. The first-order valence-corrected chi connectivity index (χ1v) is 9.93. The number of benzene rings is 1. The van der Waals surface area contributed by atoms with Crippen LogP contribution in [0.2, 0.25) is 0 Å². The number of nitrogens with zero attached hydrogens (tertiary/aromatic N) is 2. The van der Waals surface area contributed by atoms with Crippen LogP contribution in [0.4, 0.5) is 5.82 Å². The first-order valence-electron chi connectivity index (χ1n) is 9.93. The fraction of sp³-hybridized carbons (Fsp3) is 0.435. The molecule has 2 heterocycles. The number of hydrogen-bond acceptors (Lipinski definition) is 3. The van der Waals surface area contributed by atoms with Gasteiger partial charge in [0.05, 0.1) is 5.69 Å². The van der Waals surface area contributed by atoms with Crippen LogP contribution in [0, 0.1) is 0 Å². The molecule has 144 valence electrons. The molecule has 0 aliphatic heterocycles. The van der Waals surface area contributed by atoms with Crippen LogP contribution in [0.3, 0.4) is 0 Å². The van der Waals surface area contributed by atoms with Gasteiger partial charge in [0, 0.05) is 11.7 Å². The zero-order valence-electron chi connectivity index (χ0n) is 17.0. The first kappa shape index (κ1) is 19.3.